The van der Waals surface area contributed by atoms with Crippen LogP contribution in [0, 0.1) is 0 Å². The zero-order chi connectivity index (χ0) is 12.1. The lowest BCUT2D eigenvalue weighted by Crippen LogP contribution is -2.39. The fraction of sp³-hybridized carbons (Fsp3) is 0.667. The van der Waals surface area contributed by atoms with Gasteiger partial charge in [0.15, 0.2) is 0 Å². The summed E-state index contributed by atoms with van der Waals surface area (Å²) in [6, 6.07) is 0.482. The number of aromatic nitrogens is 2. The third kappa shape index (κ3) is 3.54. The predicted octanol–water partition coefficient (Wildman–Crippen LogP) is 2.42. The van der Waals surface area contributed by atoms with E-state index in [4.69, 9.17) is 11.6 Å². The Morgan fingerprint density at radius 1 is 1.47 bits per heavy atom. The standard InChI is InChI=1S/C12H19ClN4/c1-2-5-17-6-3-10(4-7-17)16-12-11(13)8-14-9-15-12/h8-10H,2-7H2,1H3,(H,14,15,16). The van der Waals surface area contributed by atoms with Crippen molar-refractivity contribution < 1.29 is 0 Å². The average Bonchev–Trinajstić information content (AvgIpc) is 2.35. The molecular weight excluding hydrogens is 236 g/mol. The van der Waals surface area contributed by atoms with Gasteiger partial charge in [-0.3, -0.25) is 0 Å². The molecule has 0 unspecified atom stereocenters. The summed E-state index contributed by atoms with van der Waals surface area (Å²) in [5, 5.41) is 4.00. The van der Waals surface area contributed by atoms with Crippen LogP contribution in [-0.4, -0.2) is 40.5 Å². The topological polar surface area (TPSA) is 41.0 Å². The Kier molecular flexibility index (Phi) is 4.57. The predicted molar refractivity (Wildman–Crippen MR) is 70.4 cm³/mol. The summed E-state index contributed by atoms with van der Waals surface area (Å²) in [6.45, 7) is 5.76. The van der Waals surface area contributed by atoms with Crippen LogP contribution in [0.15, 0.2) is 12.5 Å². The summed E-state index contributed by atoms with van der Waals surface area (Å²) < 4.78 is 0. The zero-order valence-electron chi connectivity index (χ0n) is 10.2. The second-order valence-corrected chi connectivity index (χ2v) is 4.89. The van der Waals surface area contributed by atoms with Crippen LogP contribution < -0.4 is 5.32 Å². The minimum atomic E-state index is 0.482. The normalized spacial score (nSPS) is 18.2. The molecule has 1 aliphatic heterocycles. The van der Waals surface area contributed by atoms with E-state index in [1.54, 1.807) is 6.20 Å². The van der Waals surface area contributed by atoms with E-state index in [1.807, 2.05) is 0 Å². The van der Waals surface area contributed by atoms with Gasteiger partial charge in [-0.05, 0) is 25.8 Å². The van der Waals surface area contributed by atoms with Crippen molar-refractivity contribution in [2.24, 2.45) is 0 Å². The van der Waals surface area contributed by atoms with Crippen molar-refractivity contribution >= 4 is 17.4 Å². The molecule has 17 heavy (non-hydrogen) atoms. The largest absolute Gasteiger partial charge is 0.366 e. The van der Waals surface area contributed by atoms with Crippen molar-refractivity contribution in [2.75, 3.05) is 25.0 Å². The quantitative estimate of drug-likeness (QED) is 0.896. The van der Waals surface area contributed by atoms with Crippen LogP contribution in [0.1, 0.15) is 26.2 Å². The molecule has 1 saturated heterocycles. The molecule has 1 N–H and O–H groups in total. The highest BCUT2D eigenvalue weighted by Gasteiger charge is 2.19. The van der Waals surface area contributed by atoms with Crippen molar-refractivity contribution in [2.45, 2.75) is 32.2 Å². The van der Waals surface area contributed by atoms with Crippen LogP contribution in [-0.2, 0) is 0 Å². The molecule has 0 aromatic carbocycles. The first kappa shape index (κ1) is 12.6. The number of likely N-dealkylation sites (tertiary alicyclic amines) is 1. The number of piperidine rings is 1. The number of halogens is 1. The van der Waals surface area contributed by atoms with Gasteiger partial charge in [0, 0.05) is 19.1 Å². The van der Waals surface area contributed by atoms with Gasteiger partial charge in [0.05, 0.1) is 6.20 Å². The number of nitrogens with one attached hydrogen (secondary N) is 1. The molecule has 1 aromatic rings. The zero-order valence-corrected chi connectivity index (χ0v) is 11.0. The number of hydrogen-bond acceptors (Lipinski definition) is 4. The number of nitrogens with zero attached hydrogens (tertiary/aromatic N) is 3. The van der Waals surface area contributed by atoms with Crippen LogP contribution >= 0.6 is 11.6 Å². The molecule has 2 heterocycles. The molecule has 1 aliphatic rings. The molecule has 1 aromatic heterocycles. The molecule has 4 nitrogen and oxygen atoms in total. The maximum absolute atomic E-state index is 6.02. The highest BCUT2D eigenvalue weighted by atomic mass is 35.5. The SMILES string of the molecule is CCCN1CCC(Nc2ncncc2Cl)CC1. The van der Waals surface area contributed by atoms with Crippen molar-refractivity contribution in [3.05, 3.63) is 17.5 Å². The Morgan fingerprint density at radius 3 is 2.88 bits per heavy atom. The van der Waals surface area contributed by atoms with E-state index < -0.39 is 0 Å². The van der Waals surface area contributed by atoms with Gasteiger partial charge in [-0.25, -0.2) is 9.97 Å². The molecule has 0 radical (unpaired) electrons. The molecule has 0 atom stereocenters. The molecule has 1 fully saturated rings. The van der Waals surface area contributed by atoms with Crippen LogP contribution in [0.3, 0.4) is 0 Å². The molecule has 0 saturated carbocycles. The lowest BCUT2D eigenvalue weighted by molar-refractivity contribution is 0.219. The molecule has 5 heteroatoms. The van der Waals surface area contributed by atoms with Gasteiger partial charge in [0.25, 0.3) is 0 Å². The molecule has 2 rings (SSSR count). The van der Waals surface area contributed by atoms with E-state index in [9.17, 15) is 0 Å². The Bertz CT molecular complexity index is 350. The highest BCUT2D eigenvalue weighted by molar-refractivity contribution is 6.32. The van der Waals surface area contributed by atoms with Crippen molar-refractivity contribution in [3.8, 4) is 0 Å². The van der Waals surface area contributed by atoms with Crippen molar-refractivity contribution in [1.29, 1.82) is 0 Å². The summed E-state index contributed by atoms with van der Waals surface area (Å²) in [5.41, 5.74) is 0. The van der Waals surface area contributed by atoms with E-state index in [0.717, 1.165) is 31.7 Å². The summed E-state index contributed by atoms with van der Waals surface area (Å²) in [6.07, 6.45) is 6.69. The Hall–Kier alpha value is -0.870. The van der Waals surface area contributed by atoms with Crippen LogP contribution in [0.25, 0.3) is 0 Å². The number of rotatable bonds is 4. The molecule has 94 valence electrons. The fourth-order valence-corrected chi connectivity index (χ4v) is 2.39. The Balaban J connectivity index is 1.84. The maximum atomic E-state index is 6.02. The molecular formula is C12H19ClN4. The van der Waals surface area contributed by atoms with E-state index in [0.29, 0.717) is 11.1 Å². The first-order chi connectivity index (χ1) is 8.29. The second kappa shape index (κ2) is 6.17. The van der Waals surface area contributed by atoms with Gasteiger partial charge in [0.1, 0.15) is 17.2 Å². The van der Waals surface area contributed by atoms with Gasteiger partial charge < -0.3 is 10.2 Å². The highest BCUT2D eigenvalue weighted by Crippen LogP contribution is 2.20. The maximum Gasteiger partial charge on any atom is 0.148 e. The van der Waals surface area contributed by atoms with Crippen molar-refractivity contribution in [3.63, 3.8) is 0 Å². The summed E-state index contributed by atoms with van der Waals surface area (Å²) in [4.78, 5) is 10.6. The van der Waals surface area contributed by atoms with E-state index >= 15 is 0 Å². The lowest BCUT2D eigenvalue weighted by Gasteiger charge is -2.32. The Labute approximate surface area is 107 Å². The first-order valence-corrected chi connectivity index (χ1v) is 6.61. The van der Waals surface area contributed by atoms with Crippen LogP contribution in [0.5, 0.6) is 0 Å². The Morgan fingerprint density at radius 2 is 2.24 bits per heavy atom. The average molecular weight is 255 g/mol. The summed E-state index contributed by atoms with van der Waals surface area (Å²) in [5.74, 6) is 0.760. The van der Waals surface area contributed by atoms with Gasteiger partial charge in [-0.15, -0.1) is 0 Å². The molecule has 0 aliphatic carbocycles. The van der Waals surface area contributed by atoms with Gasteiger partial charge >= 0.3 is 0 Å². The summed E-state index contributed by atoms with van der Waals surface area (Å²) in [7, 11) is 0. The monoisotopic (exact) mass is 254 g/mol. The number of hydrogen-bond donors (Lipinski definition) is 1. The third-order valence-electron chi connectivity index (χ3n) is 3.14. The minimum Gasteiger partial charge on any atom is -0.366 e. The molecule has 0 bridgehead atoms. The fourth-order valence-electron chi connectivity index (χ4n) is 2.23. The van der Waals surface area contributed by atoms with E-state index in [2.05, 4.69) is 27.1 Å². The minimum absolute atomic E-state index is 0.482. The van der Waals surface area contributed by atoms with E-state index in [-0.39, 0.29) is 0 Å². The van der Waals surface area contributed by atoms with Crippen molar-refractivity contribution in [1.82, 2.24) is 14.9 Å². The molecule has 0 amide bonds. The lowest BCUT2D eigenvalue weighted by atomic mass is 10.0. The second-order valence-electron chi connectivity index (χ2n) is 4.48. The number of anilines is 1. The summed E-state index contributed by atoms with van der Waals surface area (Å²) >= 11 is 6.02. The smallest absolute Gasteiger partial charge is 0.148 e. The van der Waals surface area contributed by atoms with Gasteiger partial charge in [-0.1, -0.05) is 18.5 Å². The third-order valence-corrected chi connectivity index (χ3v) is 3.41. The first-order valence-electron chi connectivity index (χ1n) is 6.24. The molecule has 0 spiro atoms. The van der Waals surface area contributed by atoms with E-state index in [1.165, 1.54) is 19.3 Å². The van der Waals surface area contributed by atoms with Crippen LogP contribution in [0.4, 0.5) is 5.82 Å². The van der Waals surface area contributed by atoms with Crippen LogP contribution in [0.2, 0.25) is 5.02 Å². The van der Waals surface area contributed by atoms with Gasteiger partial charge in [-0.2, -0.15) is 0 Å². The van der Waals surface area contributed by atoms with Gasteiger partial charge in [0.2, 0.25) is 0 Å².